The van der Waals surface area contributed by atoms with Crippen LogP contribution in [0.2, 0.25) is 0 Å². The number of aromatic amines is 1. The van der Waals surface area contributed by atoms with Crippen LogP contribution in [0.3, 0.4) is 0 Å². The number of aryl methyl sites for hydroxylation is 1. The molecule has 0 aliphatic heterocycles. The third-order valence-corrected chi connectivity index (χ3v) is 4.62. The van der Waals surface area contributed by atoms with Gasteiger partial charge in [0.05, 0.1) is 18.4 Å². The fourth-order valence-corrected chi connectivity index (χ4v) is 3.15. The van der Waals surface area contributed by atoms with Crippen molar-refractivity contribution < 1.29 is 23.7 Å². The van der Waals surface area contributed by atoms with Gasteiger partial charge in [0.1, 0.15) is 0 Å². The van der Waals surface area contributed by atoms with Crippen LogP contribution in [0.1, 0.15) is 48.0 Å². The molecule has 0 aliphatic carbocycles. The van der Waals surface area contributed by atoms with Gasteiger partial charge in [0.15, 0.2) is 18.2 Å². The van der Waals surface area contributed by atoms with Gasteiger partial charge in [-0.15, -0.1) is 0 Å². The van der Waals surface area contributed by atoms with Crippen LogP contribution in [0.4, 0.5) is 0 Å². The number of Topliss-reactive ketones (excluding diaryl/α,β-unsaturated/α-hetero) is 1. The molecule has 2 heterocycles. The number of nitrogens with one attached hydrogen (secondary N) is 1. The molecule has 0 fully saturated rings. The summed E-state index contributed by atoms with van der Waals surface area (Å²) in [6.07, 6.45) is 3.39. The lowest BCUT2D eigenvalue weighted by Crippen LogP contribution is -2.37. The highest BCUT2D eigenvalue weighted by molar-refractivity contribution is 6.08. The zero-order valence-corrected chi connectivity index (χ0v) is 16.0. The highest BCUT2D eigenvalue weighted by atomic mass is 16.5. The van der Waals surface area contributed by atoms with Gasteiger partial charge in [-0.3, -0.25) is 9.59 Å². The average Bonchev–Trinajstić information content (AvgIpc) is 3.02. The molecule has 0 aliphatic rings. The molecule has 0 bridgehead atoms. The molecule has 28 heavy (non-hydrogen) atoms. The van der Waals surface area contributed by atoms with E-state index in [0.717, 1.165) is 0 Å². The van der Waals surface area contributed by atoms with Crippen molar-refractivity contribution in [2.24, 2.45) is 0 Å². The van der Waals surface area contributed by atoms with E-state index in [9.17, 15) is 14.4 Å². The molecule has 0 spiro atoms. The van der Waals surface area contributed by atoms with Gasteiger partial charge in [-0.2, -0.15) is 4.57 Å². The van der Waals surface area contributed by atoms with E-state index >= 15 is 0 Å². The van der Waals surface area contributed by atoms with Gasteiger partial charge in [0, 0.05) is 29.0 Å². The maximum Gasteiger partial charge on any atom is 0.339 e. The van der Waals surface area contributed by atoms with E-state index in [1.165, 1.54) is 7.11 Å². The molecule has 6 nitrogen and oxygen atoms in total. The lowest BCUT2D eigenvalue weighted by atomic mass is 10.0. The Morgan fingerprint density at radius 3 is 2.18 bits per heavy atom. The van der Waals surface area contributed by atoms with Crippen LogP contribution in [0.25, 0.3) is 0 Å². The number of methoxy groups -OCH3 is 1. The number of nitrogens with zero attached hydrogens (tertiary/aromatic N) is 1. The molecular weight excluding hydrogens is 356 g/mol. The van der Waals surface area contributed by atoms with Crippen molar-refractivity contribution in [1.82, 2.24) is 4.98 Å². The van der Waals surface area contributed by atoms with Crippen LogP contribution in [0.15, 0.2) is 54.9 Å². The molecule has 0 saturated heterocycles. The number of pyridine rings is 1. The molecule has 142 valence electrons. The van der Waals surface area contributed by atoms with E-state index in [-0.39, 0.29) is 18.1 Å². The minimum absolute atomic E-state index is 0.0716. The maximum absolute atomic E-state index is 12.7. The molecule has 3 rings (SSSR count). The first-order valence-electron chi connectivity index (χ1n) is 8.82. The molecular formula is C22H21N2O4+. The quantitative estimate of drug-likeness (QED) is 0.407. The van der Waals surface area contributed by atoms with Gasteiger partial charge in [-0.1, -0.05) is 30.3 Å². The summed E-state index contributed by atoms with van der Waals surface area (Å²) in [5.74, 6) is -0.706. The van der Waals surface area contributed by atoms with Gasteiger partial charge in [0.2, 0.25) is 12.3 Å². The van der Waals surface area contributed by atoms with Crippen molar-refractivity contribution in [3.8, 4) is 0 Å². The second-order valence-electron chi connectivity index (χ2n) is 6.49. The summed E-state index contributed by atoms with van der Waals surface area (Å²) in [7, 11) is 1.31. The van der Waals surface area contributed by atoms with Crippen molar-refractivity contribution in [3.63, 3.8) is 0 Å². The van der Waals surface area contributed by atoms with E-state index in [1.807, 2.05) is 18.2 Å². The van der Waals surface area contributed by atoms with E-state index < -0.39 is 5.97 Å². The fourth-order valence-electron chi connectivity index (χ4n) is 3.15. The largest absolute Gasteiger partial charge is 0.465 e. The number of rotatable bonds is 6. The molecule has 1 aromatic carbocycles. The standard InChI is InChI=1S/C22H20N2O4/c1-14-19(22(27)28-3)15(2)23-20(14)18(25)13-24-11-9-17(10-12-24)21(26)16-7-5-4-6-8-16/h4-12H,13H2,1-3H3/p+1. The Morgan fingerprint density at radius 1 is 0.964 bits per heavy atom. The Morgan fingerprint density at radius 2 is 1.57 bits per heavy atom. The predicted octanol–water partition coefficient (Wildman–Crippen LogP) is 2.82. The SMILES string of the molecule is COC(=O)c1c(C)[nH]c(C(=O)C[n+]2ccc(C(=O)c3ccccc3)cc2)c1C. The fraction of sp³-hybridized carbons (Fsp3) is 0.182. The van der Waals surface area contributed by atoms with E-state index in [0.29, 0.717) is 33.6 Å². The van der Waals surface area contributed by atoms with Crippen LogP contribution in [0.5, 0.6) is 0 Å². The van der Waals surface area contributed by atoms with Gasteiger partial charge in [-0.05, 0) is 19.4 Å². The van der Waals surface area contributed by atoms with E-state index in [2.05, 4.69) is 4.98 Å². The lowest BCUT2D eigenvalue weighted by Gasteiger charge is -2.02. The highest BCUT2D eigenvalue weighted by Crippen LogP contribution is 2.19. The maximum atomic E-state index is 12.7. The second kappa shape index (κ2) is 8.00. The van der Waals surface area contributed by atoms with E-state index in [4.69, 9.17) is 4.74 Å². The summed E-state index contributed by atoms with van der Waals surface area (Å²) < 4.78 is 6.47. The summed E-state index contributed by atoms with van der Waals surface area (Å²) in [6.45, 7) is 3.53. The first kappa shape index (κ1) is 19.2. The highest BCUT2D eigenvalue weighted by Gasteiger charge is 2.24. The van der Waals surface area contributed by atoms with Gasteiger partial charge >= 0.3 is 5.97 Å². The number of ether oxygens (including phenoxy) is 1. The lowest BCUT2D eigenvalue weighted by molar-refractivity contribution is -0.683. The number of H-pyrrole nitrogens is 1. The number of carbonyl (C=O) groups is 3. The number of aromatic nitrogens is 2. The number of carbonyl (C=O) groups excluding carboxylic acids is 3. The predicted molar refractivity (Wildman–Crippen MR) is 102 cm³/mol. The van der Waals surface area contributed by atoms with Crippen molar-refractivity contribution in [2.75, 3.05) is 7.11 Å². The second-order valence-corrected chi connectivity index (χ2v) is 6.49. The number of benzene rings is 1. The van der Waals surface area contributed by atoms with Crippen molar-refractivity contribution in [1.29, 1.82) is 0 Å². The minimum atomic E-state index is -0.471. The van der Waals surface area contributed by atoms with Crippen molar-refractivity contribution in [3.05, 3.63) is 88.5 Å². The Kier molecular flexibility index (Phi) is 5.49. The number of esters is 1. The zero-order valence-electron chi connectivity index (χ0n) is 16.0. The van der Waals surface area contributed by atoms with Crippen molar-refractivity contribution in [2.45, 2.75) is 20.4 Å². The van der Waals surface area contributed by atoms with Crippen molar-refractivity contribution >= 4 is 17.5 Å². The third-order valence-electron chi connectivity index (χ3n) is 4.62. The molecule has 0 atom stereocenters. The first-order valence-corrected chi connectivity index (χ1v) is 8.82. The molecule has 1 N–H and O–H groups in total. The topological polar surface area (TPSA) is 80.1 Å². The van der Waals surface area contributed by atoms with Gasteiger partial charge in [0.25, 0.3) is 0 Å². The summed E-state index contributed by atoms with van der Waals surface area (Å²) in [5, 5.41) is 0. The van der Waals surface area contributed by atoms with Crippen LogP contribution < -0.4 is 4.57 Å². The first-order chi connectivity index (χ1) is 13.4. The minimum Gasteiger partial charge on any atom is -0.465 e. The molecule has 0 amide bonds. The number of ketones is 2. The number of hydrogen-bond donors (Lipinski definition) is 1. The summed E-state index contributed by atoms with van der Waals surface area (Å²) in [5.41, 5.74) is 3.11. The van der Waals surface area contributed by atoms with Crippen LogP contribution >= 0.6 is 0 Å². The molecule has 0 saturated carbocycles. The average molecular weight is 377 g/mol. The Bertz CT molecular complexity index is 1030. The Hall–Kier alpha value is -3.54. The van der Waals surface area contributed by atoms with Gasteiger partial charge in [-0.25, -0.2) is 4.79 Å². The van der Waals surface area contributed by atoms with Crippen LogP contribution in [-0.2, 0) is 11.3 Å². The van der Waals surface area contributed by atoms with Crippen LogP contribution in [0, 0.1) is 13.8 Å². The smallest absolute Gasteiger partial charge is 0.339 e. The molecule has 0 unspecified atom stereocenters. The Balaban J connectivity index is 1.77. The molecule has 2 aromatic heterocycles. The van der Waals surface area contributed by atoms with E-state index in [1.54, 1.807) is 55.1 Å². The summed E-state index contributed by atoms with van der Waals surface area (Å²) in [6, 6.07) is 12.4. The number of hydrogen-bond acceptors (Lipinski definition) is 4. The summed E-state index contributed by atoms with van der Waals surface area (Å²) >= 11 is 0. The zero-order chi connectivity index (χ0) is 20.3. The normalized spacial score (nSPS) is 10.5. The monoisotopic (exact) mass is 377 g/mol. The molecule has 0 radical (unpaired) electrons. The summed E-state index contributed by atoms with van der Waals surface area (Å²) in [4.78, 5) is 40.0. The third kappa shape index (κ3) is 3.76. The Labute approximate surface area is 162 Å². The van der Waals surface area contributed by atoms with Gasteiger partial charge < -0.3 is 9.72 Å². The van der Waals surface area contributed by atoms with Crippen LogP contribution in [-0.4, -0.2) is 29.6 Å². The molecule has 6 heteroatoms. The molecule has 3 aromatic rings.